The van der Waals surface area contributed by atoms with Gasteiger partial charge in [-0.3, -0.25) is 9.59 Å². The zero-order valence-corrected chi connectivity index (χ0v) is 11.0. The molecule has 0 unspecified atom stereocenters. The normalized spacial score (nSPS) is 10.4. The number of hydrogen-bond acceptors (Lipinski definition) is 7. The van der Waals surface area contributed by atoms with Crippen LogP contribution >= 0.6 is 0 Å². The lowest BCUT2D eigenvalue weighted by Crippen LogP contribution is -2.05. The molecule has 0 saturated heterocycles. The molecule has 0 rings (SSSR count). The van der Waals surface area contributed by atoms with Crippen LogP contribution in [0.15, 0.2) is 25.0 Å². The molecule has 7 nitrogen and oxygen atoms in total. The van der Waals surface area contributed by atoms with E-state index in [1.54, 1.807) is 0 Å². The molecule has 7 heteroatoms. The van der Waals surface area contributed by atoms with Gasteiger partial charge in [-0.25, -0.2) is 0 Å². The van der Waals surface area contributed by atoms with Crippen LogP contribution in [0, 0.1) is 0 Å². The van der Waals surface area contributed by atoms with Crippen LogP contribution in [0.25, 0.3) is 0 Å². The van der Waals surface area contributed by atoms with Crippen LogP contribution in [-0.2, 0) is 33.3 Å². The fraction of sp³-hybridized carbons (Fsp3) is 0.500. The fourth-order valence-corrected chi connectivity index (χ4v) is 0.791. The van der Waals surface area contributed by atoms with Gasteiger partial charge in [0.2, 0.25) is 0 Å². The highest BCUT2D eigenvalue weighted by Crippen LogP contribution is 1.86. The topological polar surface area (TPSA) is 80.3 Å². The molecule has 0 spiro atoms. The van der Waals surface area contributed by atoms with E-state index in [1.807, 2.05) is 0 Å². The van der Waals surface area contributed by atoms with Crippen LogP contribution in [0.5, 0.6) is 0 Å². The van der Waals surface area contributed by atoms with Crippen molar-refractivity contribution in [2.45, 2.75) is 13.8 Å². The van der Waals surface area contributed by atoms with Crippen LogP contribution in [0.1, 0.15) is 13.8 Å². The van der Waals surface area contributed by atoms with Crippen LogP contribution < -0.4 is 0 Å². The van der Waals surface area contributed by atoms with Crippen molar-refractivity contribution in [3.63, 3.8) is 0 Å². The first kappa shape index (κ1) is 16.8. The second-order valence-corrected chi connectivity index (χ2v) is 3.10. The lowest BCUT2D eigenvalue weighted by Gasteiger charge is -2.01. The largest absolute Gasteiger partial charge is 0.494 e. The summed E-state index contributed by atoms with van der Waals surface area (Å²) in [6, 6.07) is 0. The standard InChI is InChI=1S/C12H18O7/c1-11(13)18-9-7-16-5-3-15-4-6-17-8-10-19-12(2)14/h3-6H,7-10H2,1-2H3. The fourth-order valence-electron chi connectivity index (χ4n) is 0.791. The first-order valence-electron chi connectivity index (χ1n) is 5.58. The molecule has 0 N–H and O–H groups in total. The van der Waals surface area contributed by atoms with Crippen LogP contribution in [-0.4, -0.2) is 38.4 Å². The third-order valence-corrected chi connectivity index (χ3v) is 1.47. The lowest BCUT2D eigenvalue weighted by atomic mass is 10.7. The first-order valence-corrected chi connectivity index (χ1v) is 5.58. The maximum Gasteiger partial charge on any atom is 0.302 e. The molecule has 0 aromatic rings. The Morgan fingerprint density at radius 2 is 1.16 bits per heavy atom. The summed E-state index contributed by atoms with van der Waals surface area (Å²) in [7, 11) is 0. The molecule has 0 aromatic carbocycles. The minimum atomic E-state index is -0.349. The van der Waals surface area contributed by atoms with E-state index in [4.69, 9.17) is 14.2 Å². The summed E-state index contributed by atoms with van der Waals surface area (Å²) in [6.07, 6.45) is 5.21. The van der Waals surface area contributed by atoms with Crippen LogP contribution in [0.3, 0.4) is 0 Å². The van der Waals surface area contributed by atoms with Gasteiger partial charge >= 0.3 is 11.9 Å². The van der Waals surface area contributed by atoms with Crippen LogP contribution in [0.2, 0.25) is 0 Å². The van der Waals surface area contributed by atoms with E-state index >= 15 is 0 Å². The lowest BCUT2D eigenvalue weighted by molar-refractivity contribution is -0.142. The van der Waals surface area contributed by atoms with E-state index in [9.17, 15) is 9.59 Å². The molecule has 0 atom stereocenters. The molecule has 0 saturated carbocycles. The molecular weight excluding hydrogens is 256 g/mol. The van der Waals surface area contributed by atoms with E-state index in [1.165, 1.54) is 38.9 Å². The molecule has 19 heavy (non-hydrogen) atoms. The number of carbonyl (C=O) groups is 2. The average Bonchev–Trinajstić information content (AvgIpc) is 2.34. The van der Waals surface area contributed by atoms with Gasteiger partial charge in [0, 0.05) is 13.8 Å². The van der Waals surface area contributed by atoms with E-state index < -0.39 is 0 Å². The molecular formula is C12H18O7. The van der Waals surface area contributed by atoms with Crippen molar-refractivity contribution >= 4 is 11.9 Å². The average molecular weight is 274 g/mol. The molecule has 0 bridgehead atoms. The number of hydrogen-bond donors (Lipinski definition) is 0. The molecule has 0 radical (unpaired) electrons. The Labute approximate surface area is 111 Å². The highest BCUT2D eigenvalue weighted by Gasteiger charge is 1.90. The maximum atomic E-state index is 10.4. The van der Waals surface area contributed by atoms with Crippen molar-refractivity contribution in [1.82, 2.24) is 0 Å². The second-order valence-electron chi connectivity index (χ2n) is 3.10. The quantitative estimate of drug-likeness (QED) is 0.335. The predicted molar refractivity (Wildman–Crippen MR) is 64.5 cm³/mol. The molecule has 0 aromatic heterocycles. The van der Waals surface area contributed by atoms with Crippen molar-refractivity contribution < 1.29 is 33.3 Å². The van der Waals surface area contributed by atoms with Gasteiger partial charge < -0.3 is 23.7 Å². The van der Waals surface area contributed by atoms with E-state index in [-0.39, 0.29) is 38.4 Å². The van der Waals surface area contributed by atoms with Gasteiger partial charge in [0.1, 0.15) is 51.5 Å². The molecule has 0 aliphatic heterocycles. The second kappa shape index (κ2) is 12.3. The molecule has 108 valence electrons. The SMILES string of the molecule is CC(=O)OCCOC=COC=COCCOC(C)=O. The highest BCUT2D eigenvalue weighted by molar-refractivity contribution is 5.66. The highest BCUT2D eigenvalue weighted by atomic mass is 16.6. The Kier molecular flexibility index (Phi) is 10.9. The maximum absolute atomic E-state index is 10.4. The third kappa shape index (κ3) is 15.8. The summed E-state index contributed by atoms with van der Waals surface area (Å²) < 4.78 is 24.0. The third-order valence-electron chi connectivity index (χ3n) is 1.47. The summed E-state index contributed by atoms with van der Waals surface area (Å²) in [5.41, 5.74) is 0. The molecule has 0 amide bonds. The smallest absolute Gasteiger partial charge is 0.302 e. The zero-order valence-electron chi connectivity index (χ0n) is 11.0. The first-order chi connectivity index (χ1) is 9.13. The van der Waals surface area contributed by atoms with Crippen molar-refractivity contribution in [1.29, 1.82) is 0 Å². The van der Waals surface area contributed by atoms with E-state index in [0.29, 0.717) is 0 Å². The van der Waals surface area contributed by atoms with Gasteiger partial charge in [0.05, 0.1) is 0 Å². The minimum absolute atomic E-state index is 0.189. The number of rotatable bonds is 10. The van der Waals surface area contributed by atoms with E-state index in [0.717, 1.165) is 0 Å². The molecule has 0 fully saturated rings. The Morgan fingerprint density at radius 1 is 0.737 bits per heavy atom. The summed E-state index contributed by atoms with van der Waals surface area (Å²) in [5.74, 6) is -0.699. The predicted octanol–water partition coefficient (Wildman–Crippen LogP) is 1.10. The minimum Gasteiger partial charge on any atom is -0.494 e. The van der Waals surface area contributed by atoms with Crippen molar-refractivity contribution in [2.75, 3.05) is 26.4 Å². The van der Waals surface area contributed by atoms with Gasteiger partial charge in [0.15, 0.2) is 0 Å². The summed E-state index contributed by atoms with van der Waals surface area (Å²) in [5, 5.41) is 0. The number of ether oxygens (including phenoxy) is 5. The zero-order chi connectivity index (χ0) is 14.3. The monoisotopic (exact) mass is 274 g/mol. The molecule has 0 heterocycles. The molecule has 0 aliphatic rings. The summed E-state index contributed by atoms with van der Waals surface area (Å²) in [4.78, 5) is 20.8. The Morgan fingerprint density at radius 3 is 1.53 bits per heavy atom. The van der Waals surface area contributed by atoms with Gasteiger partial charge in [-0.15, -0.1) is 0 Å². The Hall–Kier alpha value is -2.18. The van der Waals surface area contributed by atoms with Gasteiger partial charge in [-0.2, -0.15) is 0 Å². The number of esters is 2. The van der Waals surface area contributed by atoms with Crippen LogP contribution in [0.4, 0.5) is 0 Å². The Balaban J connectivity index is 3.27. The van der Waals surface area contributed by atoms with Crippen molar-refractivity contribution in [3.8, 4) is 0 Å². The summed E-state index contributed by atoms with van der Waals surface area (Å²) in [6.45, 7) is 3.53. The van der Waals surface area contributed by atoms with Gasteiger partial charge in [-0.1, -0.05) is 0 Å². The summed E-state index contributed by atoms with van der Waals surface area (Å²) >= 11 is 0. The van der Waals surface area contributed by atoms with E-state index in [2.05, 4.69) is 9.47 Å². The van der Waals surface area contributed by atoms with Crippen molar-refractivity contribution in [3.05, 3.63) is 25.0 Å². The number of carbonyl (C=O) groups excluding carboxylic acids is 2. The van der Waals surface area contributed by atoms with Crippen molar-refractivity contribution in [2.24, 2.45) is 0 Å². The molecule has 0 aliphatic carbocycles. The Bertz CT molecular complexity index is 279. The van der Waals surface area contributed by atoms with Gasteiger partial charge in [-0.05, 0) is 0 Å². The van der Waals surface area contributed by atoms with Gasteiger partial charge in [0.25, 0.3) is 0 Å².